The number of benzene rings is 1. The molecule has 0 bridgehead atoms. The van der Waals surface area contributed by atoms with Gasteiger partial charge in [0.25, 0.3) is 0 Å². The normalized spacial score (nSPS) is 18.2. The molecule has 1 N–H and O–H groups in total. The van der Waals surface area contributed by atoms with Gasteiger partial charge >= 0.3 is 0 Å². The van der Waals surface area contributed by atoms with E-state index in [9.17, 15) is 8.42 Å². The number of piperidine rings is 1. The zero-order valence-electron chi connectivity index (χ0n) is 21.8. The largest absolute Gasteiger partial charge is 0.488 e. The lowest BCUT2D eigenvalue weighted by Crippen LogP contribution is -2.35. The van der Waals surface area contributed by atoms with E-state index >= 15 is 0 Å². The van der Waals surface area contributed by atoms with Gasteiger partial charge in [0.05, 0.1) is 23.7 Å². The topological polar surface area (TPSA) is 93.7 Å². The number of aryl methyl sites for hydroxylation is 1. The van der Waals surface area contributed by atoms with Crippen LogP contribution in [0.4, 0.5) is 5.69 Å². The predicted octanol–water partition coefficient (Wildman–Crippen LogP) is 5.04. The van der Waals surface area contributed by atoms with Crippen molar-refractivity contribution in [2.24, 2.45) is 0 Å². The highest BCUT2D eigenvalue weighted by Crippen LogP contribution is 2.36. The minimum Gasteiger partial charge on any atom is -0.488 e. The molecule has 2 fully saturated rings. The van der Waals surface area contributed by atoms with Crippen LogP contribution in [0.25, 0.3) is 11.1 Å². The number of likely N-dealkylation sites (tertiary alicyclic amines) is 1. The van der Waals surface area contributed by atoms with Gasteiger partial charge in [-0.3, -0.25) is 4.72 Å². The summed E-state index contributed by atoms with van der Waals surface area (Å²) in [6.45, 7) is 4.15. The molecule has 198 valence electrons. The summed E-state index contributed by atoms with van der Waals surface area (Å²) in [4.78, 5) is 2.30. The summed E-state index contributed by atoms with van der Waals surface area (Å²) in [5, 5.41) is 8.92. The Morgan fingerprint density at radius 2 is 1.72 bits per heavy atom. The average Bonchev–Trinajstić information content (AvgIpc) is 2.85. The molecule has 36 heavy (non-hydrogen) atoms. The van der Waals surface area contributed by atoms with E-state index in [0.717, 1.165) is 94.0 Å². The highest BCUT2D eigenvalue weighted by Gasteiger charge is 2.22. The lowest BCUT2D eigenvalue weighted by Gasteiger charge is -2.29. The number of rotatable bonds is 10. The molecule has 1 saturated carbocycles. The first-order valence-electron chi connectivity index (χ1n) is 13.3. The van der Waals surface area contributed by atoms with Crippen LogP contribution >= 0.6 is 0 Å². The molecule has 8 nitrogen and oxygen atoms in total. The summed E-state index contributed by atoms with van der Waals surface area (Å²) in [6, 6.07) is 7.67. The van der Waals surface area contributed by atoms with Crippen LogP contribution in [-0.2, 0) is 16.4 Å². The van der Waals surface area contributed by atoms with Crippen LogP contribution in [0.1, 0.15) is 70.4 Å². The third-order valence-electron chi connectivity index (χ3n) is 7.00. The molecule has 1 saturated heterocycles. The maximum atomic E-state index is 12.2. The quantitative estimate of drug-likeness (QED) is 0.473. The molecular weight excluding hydrogens is 476 g/mol. The molecule has 2 aliphatic rings. The molecule has 0 amide bonds. The fraction of sp³-hybridized carbons (Fsp3) is 0.630. The third-order valence-corrected chi connectivity index (χ3v) is 7.59. The summed E-state index contributed by atoms with van der Waals surface area (Å²) in [6.07, 6.45) is 11.6. The van der Waals surface area contributed by atoms with Gasteiger partial charge < -0.3 is 14.4 Å². The summed E-state index contributed by atoms with van der Waals surface area (Å²) in [7, 11) is -1.36. The number of nitrogens with zero attached hydrogens (tertiary/aromatic N) is 3. The Bertz CT molecular complexity index is 1110. The van der Waals surface area contributed by atoms with E-state index in [1.165, 1.54) is 6.42 Å². The molecule has 2 heterocycles. The molecular formula is C27H40N4O4S. The Kier molecular flexibility index (Phi) is 9.06. The van der Waals surface area contributed by atoms with Crippen molar-refractivity contribution in [3.63, 3.8) is 0 Å². The highest BCUT2D eigenvalue weighted by molar-refractivity contribution is 7.92. The maximum absolute atomic E-state index is 12.2. The van der Waals surface area contributed by atoms with Gasteiger partial charge in [-0.05, 0) is 76.1 Å². The van der Waals surface area contributed by atoms with Gasteiger partial charge in [-0.15, -0.1) is 5.10 Å². The first kappa shape index (κ1) is 26.7. The van der Waals surface area contributed by atoms with Crippen LogP contribution in [0.5, 0.6) is 11.6 Å². The lowest BCUT2D eigenvalue weighted by molar-refractivity contribution is 0.109. The first-order valence-corrected chi connectivity index (χ1v) is 15.2. The van der Waals surface area contributed by atoms with Crippen molar-refractivity contribution in [2.75, 3.05) is 31.1 Å². The molecule has 4 rings (SSSR count). The van der Waals surface area contributed by atoms with E-state index in [-0.39, 0.29) is 12.2 Å². The Labute approximate surface area is 215 Å². The minimum absolute atomic E-state index is 0.113. The fourth-order valence-corrected chi connectivity index (χ4v) is 5.51. The molecule has 1 aliphatic carbocycles. The van der Waals surface area contributed by atoms with Crippen molar-refractivity contribution >= 4 is 15.7 Å². The number of anilines is 1. The van der Waals surface area contributed by atoms with Gasteiger partial charge in [0, 0.05) is 24.7 Å². The van der Waals surface area contributed by atoms with Gasteiger partial charge in [-0.25, -0.2) is 8.42 Å². The van der Waals surface area contributed by atoms with E-state index in [4.69, 9.17) is 9.47 Å². The number of aromatic nitrogens is 2. The van der Waals surface area contributed by atoms with Gasteiger partial charge in [0.1, 0.15) is 11.9 Å². The summed E-state index contributed by atoms with van der Waals surface area (Å²) in [5.41, 5.74) is 3.13. The predicted molar refractivity (Wildman–Crippen MR) is 143 cm³/mol. The van der Waals surface area contributed by atoms with Crippen LogP contribution < -0.4 is 14.2 Å². The zero-order chi connectivity index (χ0) is 25.5. The van der Waals surface area contributed by atoms with Gasteiger partial charge in [0.15, 0.2) is 0 Å². The Balaban J connectivity index is 1.65. The zero-order valence-corrected chi connectivity index (χ0v) is 22.6. The number of unbranched alkanes of at least 4 members (excludes halogenated alkanes) is 1. The van der Waals surface area contributed by atoms with Gasteiger partial charge in [-0.2, -0.15) is 5.10 Å². The van der Waals surface area contributed by atoms with Gasteiger partial charge in [-0.1, -0.05) is 25.8 Å². The first-order chi connectivity index (χ1) is 17.3. The molecule has 0 unspecified atom stereocenters. The van der Waals surface area contributed by atoms with Crippen molar-refractivity contribution in [1.82, 2.24) is 15.1 Å². The van der Waals surface area contributed by atoms with Crippen LogP contribution in [0.2, 0.25) is 0 Å². The molecule has 9 heteroatoms. The Hall–Kier alpha value is -2.39. The second kappa shape index (κ2) is 12.2. The van der Waals surface area contributed by atoms with E-state index in [0.29, 0.717) is 17.3 Å². The van der Waals surface area contributed by atoms with Crippen molar-refractivity contribution < 1.29 is 17.9 Å². The molecule has 1 aliphatic heterocycles. The molecule has 1 aromatic heterocycles. The number of hydrogen-bond acceptors (Lipinski definition) is 7. The molecule has 0 radical (unpaired) electrons. The van der Waals surface area contributed by atoms with Crippen LogP contribution in [-0.4, -0.2) is 62.1 Å². The van der Waals surface area contributed by atoms with E-state index in [1.54, 1.807) is 0 Å². The Morgan fingerprint density at radius 3 is 2.42 bits per heavy atom. The number of nitrogens with one attached hydrogen (secondary N) is 1. The van der Waals surface area contributed by atoms with Crippen LogP contribution in [0.3, 0.4) is 0 Å². The number of ether oxygens (including phenoxy) is 2. The molecule has 0 spiro atoms. The molecule has 1 aromatic carbocycles. The van der Waals surface area contributed by atoms with Crippen molar-refractivity contribution in [3.05, 3.63) is 30.0 Å². The number of hydrogen-bond donors (Lipinski definition) is 1. The lowest BCUT2D eigenvalue weighted by atomic mass is 9.97. The Morgan fingerprint density at radius 1 is 1.00 bits per heavy atom. The smallest absolute Gasteiger partial charge is 0.234 e. The highest BCUT2D eigenvalue weighted by atomic mass is 32.2. The number of sulfonamides is 1. The van der Waals surface area contributed by atoms with Crippen LogP contribution in [0, 0.1) is 0 Å². The van der Waals surface area contributed by atoms with E-state index in [1.807, 2.05) is 24.3 Å². The third kappa shape index (κ3) is 7.56. The van der Waals surface area contributed by atoms with Crippen LogP contribution in [0.15, 0.2) is 24.3 Å². The summed E-state index contributed by atoms with van der Waals surface area (Å²) < 4.78 is 39.5. The average molecular weight is 517 g/mol. The van der Waals surface area contributed by atoms with Crippen molar-refractivity contribution in [3.8, 4) is 22.8 Å². The van der Waals surface area contributed by atoms with E-state index < -0.39 is 10.0 Å². The monoisotopic (exact) mass is 516 g/mol. The standard InChI is InChI=1S/C27H40N4O4S/c1-4-5-11-24-23(19-27(29-28-24)35-22-14-16-31(2)17-15-22)20-12-13-26(25(18-20)30-36(3,32)33)34-21-9-7-6-8-10-21/h12-13,18-19,21-22,30H,4-11,14-17H2,1-3H3. The maximum Gasteiger partial charge on any atom is 0.234 e. The SMILES string of the molecule is CCCCc1nnc(OC2CCN(C)CC2)cc1-c1ccc(OC2CCCCC2)c(NS(C)(=O)=O)c1. The second-order valence-corrected chi connectivity index (χ2v) is 12.0. The minimum atomic E-state index is -3.48. The summed E-state index contributed by atoms with van der Waals surface area (Å²) in [5.74, 6) is 1.08. The van der Waals surface area contributed by atoms with Crippen molar-refractivity contribution in [1.29, 1.82) is 0 Å². The van der Waals surface area contributed by atoms with Gasteiger partial charge in [0.2, 0.25) is 15.9 Å². The van der Waals surface area contributed by atoms with E-state index in [2.05, 4.69) is 33.8 Å². The van der Waals surface area contributed by atoms with Crippen molar-refractivity contribution in [2.45, 2.75) is 83.3 Å². The summed E-state index contributed by atoms with van der Waals surface area (Å²) >= 11 is 0. The molecule has 2 aromatic rings. The fourth-order valence-electron chi connectivity index (χ4n) is 4.95. The second-order valence-electron chi connectivity index (χ2n) is 10.2. The molecule has 0 atom stereocenters.